The molecular weight excluding hydrogens is 410 g/mol. The van der Waals surface area contributed by atoms with Crippen molar-refractivity contribution in [3.63, 3.8) is 0 Å². The zero-order valence-corrected chi connectivity index (χ0v) is 18.8. The number of nitrogens with zero attached hydrogens (tertiary/aromatic N) is 4. The number of benzene rings is 1. The van der Waals surface area contributed by atoms with Crippen LogP contribution < -0.4 is 10.5 Å². The van der Waals surface area contributed by atoms with Crippen molar-refractivity contribution in [3.05, 3.63) is 39.8 Å². The van der Waals surface area contributed by atoms with Gasteiger partial charge in [0.15, 0.2) is 11.3 Å². The summed E-state index contributed by atoms with van der Waals surface area (Å²) >= 11 is 0. The average molecular weight is 440 g/mol. The predicted molar refractivity (Wildman–Crippen MR) is 122 cm³/mol. The Morgan fingerprint density at radius 3 is 2.75 bits per heavy atom. The molecule has 0 amide bonds. The van der Waals surface area contributed by atoms with Crippen LogP contribution in [0.15, 0.2) is 23.0 Å². The standard InChI is InChI=1S/C23H29N5O4/c1-4-6-18-20-21(27(3)26-18)23(30)25-22(24-20)17-13-15(28-9-11-32-12-10-28)7-8-16(17)19(29)14-31-5-2/h7-8,13H,4-6,9-12,14H2,1-3H3,(H,24,25,30). The number of morpholine rings is 1. The Morgan fingerprint density at radius 1 is 1.25 bits per heavy atom. The van der Waals surface area contributed by atoms with E-state index in [0.717, 1.165) is 37.3 Å². The van der Waals surface area contributed by atoms with Gasteiger partial charge in [-0.15, -0.1) is 0 Å². The van der Waals surface area contributed by atoms with E-state index >= 15 is 0 Å². The van der Waals surface area contributed by atoms with Gasteiger partial charge in [0, 0.05) is 43.6 Å². The summed E-state index contributed by atoms with van der Waals surface area (Å²) in [6.07, 6.45) is 1.61. The first-order valence-corrected chi connectivity index (χ1v) is 11.1. The Bertz CT molecular complexity index is 1180. The van der Waals surface area contributed by atoms with Crippen LogP contribution in [0.5, 0.6) is 0 Å². The predicted octanol–water partition coefficient (Wildman–Crippen LogP) is 2.33. The minimum absolute atomic E-state index is 0.0269. The molecule has 1 saturated heterocycles. The van der Waals surface area contributed by atoms with Crippen LogP contribution in [0.3, 0.4) is 0 Å². The molecule has 1 aliphatic heterocycles. The van der Waals surface area contributed by atoms with Gasteiger partial charge in [0.2, 0.25) is 0 Å². The van der Waals surface area contributed by atoms with E-state index in [1.165, 1.54) is 0 Å². The van der Waals surface area contributed by atoms with Gasteiger partial charge in [-0.1, -0.05) is 13.3 Å². The van der Waals surface area contributed by atoms with Crippen molar-refractivity contribution in [1.82, 2.24) is 19.7 Å². The molecule has 3 aromatic rings. The highest BCUT2D eigenvalue weighted by atomic mass is 16.5. The molecule has 170 valence electrons. The molecule has 9 heteroatoms. The summed E-state index contributed by atoms with van der Waals surface area (Å²) in [6, 6.07) is 5.64. The van der Waals surface area contributed by atoms with Gasteiger partial charge in [0.1, 0.15) is 17.9 Å². The summed E-state index contributed by atoms with van der Waals surface area (Å²) in [5, 5.41) is 4.49. The highest BCUT2D eigenvalue weighted by molar-refractivity contribution is 6.03. The molecule has 2 aromatic heterocycles. The average Bonchev–Trinajstić information content (AvgIpc) is 3.13. The molecule has 32 heavy (non-hydrogen) atoms. The Labute approximate surface area is 186 Å². The van der Waals surface area contributed by atoms with Crippen molar-refractivity contribution in [2.75, 3.05) is 44.4 Å². The minimum atomic E-state index is -0.276. The molecule has 9 nitrogen and oxygen atoms in total. The number of aryl methyl sites for hydroxylation is 2. The van der Waals surface area contributed by atoms with E-state index in [4.69, 9.17) is 14.5 Å². The fourth-order valence-electron chi connectivity index (χ4n) is 4.04. The number of aromatic amines is 1. The summed E-state index contributed by atoms with van der Waals surface area (Å²) in [6.45, 7) is 7.15. The van der Waals surface area contributed by atoms with Crippen LogP contribution in [0.2, 0.25) is 0 Å². The molecule has 0 saturated carbocycles. The maximum atomic E-state index is 13.0. The molecule has 1 aliphatic rings. The number of aromatic nitrogens is 4. The normalized spacial score (nSPS) is 14.3. The minimum Gasteiger partial charge on any atom is -0.378 e. The number of rotatable bonds is 8. The van der Waals surface area contributed by atoms with Gasteiger partial charge in [-0.05, 0) is 31.5 Å². The topological polar surface area (TPSA) is 102 Å². The lowest BCUT2D eigenvalue weighted by Gasteiger charge is -2.29. The van der Waals surface area contributed by atoms with E-state index in [1.807, 2.05) is 19.1 Å². The molecule has 0 spiro atoms. The summed E-state index contributed by atoms with van der Waals surface area (Å²) in [5.74, 6) is 0.209. The van der Waals surface area contributed by atoms with Gasteiger partial charge in [-0.25, -0.2) is 4.98 Å². The quantitative estimate of drug-likeness (QED) is 0.538. The smallest absolute Gasteiger partial charge is 0.277 e. The Hall–Kier alpha value is -3.04. The van der Waals surface area contributed by atoms with Crippen molar-refractivity contribution < 1.29 is 14.3 Å². The van der Waals surface area contributed by atoms with Crippen LogP contribution in [0.1, 0.15) is 36.3 Å². The van der Waals surface area contributed by atoms with Crippen LogP contribution >= 0.6 is 0 Å². The molecule has 0 unspecified atom stereocenters. The maximum absolute atomic E-state index is 13.0. The van der Waals surface area contributed by atoms with E-state index in [-0.39, 0.29) is 17.9 Å². The van der Waals surface area contributed by atoms with Gasteiger partial charge in [-0.3, -0.25) is 14.3 Å². The van der Waals surface area contributed by atoms with Crippen molar-refractivity contribution >= 4 is 22.5 Å². The third-order valence-corrected chi connectivity index (χ3v) is 5.62. The zero-order chi connectivity index (χ0) is 22.7. The SMILES string of the molecule is CCCc1nn(C)c2c(=O)[nH]c(-c3cc(N4CCOCC4)ccc3C(=O)COCC)nc12. The number of carbonyl (C=O) groups excluding carboxylic acids is 1. The number of ketones is 1. The van der Waals surface area contributed by atoms with Crippen molar-refractivity contribution in [2.24, 2.45) is 7.05 Å². The number of carbonyl (C=O) groups is 1. The molecule has 0 bridgehead atoms. The van der Waals surface area contributed by atoms with Crippen LogP contribution in [-0.2, 0) is 22.9 Å². The second kappa shape index (κ2) is 9.62. The van der Waals surface area contributed by atoms with Crippen molar-refractivity contribution in [1.29, 1.82) is 0 Å². The first-order chi connectivity index (χ1) is 15.5. The molecule has 0 radical (unpaired) electrons. The monoisotopic (exact) mass is 439 g/mol. The third-order valence-electron chi connectivity index (χ3n) is 5.62. The number of fused-ring (bicyclic) bond motifs is 1. The van der Waals surface area contributed by atoms with Crippen molar-refractivity contribution in [3.8, 4) is 11.4 Å². The number of nitrogens with one attached hydrogen (secondary N) is 1. The molecule has 0 atom stereocenters. The Kier molecular flexibility index (Phi) is 6.66. The summed E-state index contributed by atoms with van der Waals surface area (Å²) in [4.78, 5) is 35.7. The second-order valence-electron chi connectivity index (χ2n) is 7.82. The summed E-state index contributed by atoms with van der Waals surface area (Å²) in [5.41, 5.74) is 3.53. The maximum Gasteiger partial charge on any atom is 0.277 e. The highest BCUT2D eigenvalue weighted by Crippen LogP contribution is 2.28. The van der Waals surface area contributed by atoms with Crippen LogP contribution in [0, 0.1) is 0 Å². The number of H-pyrrole nitrogens is 1. The number of Topliss-reactive ketones (excluding diaryl/α,β-unsaturated/α-hetero) is 1. The third kappa shape index (κ3) is 4.31. The molecule has 0 aliphatic carbocycles. The molecular formula is C23H29N5O4. The van der Waals surface area contributed by atoms with Gasteiger partial charge >= 0.3 is 0 Å². The first kappa shape index (κ1) is 22.2. The summed E-state index contributed by atoms with van der Waals surface area (Å²) < 4.78 is 12.4. The summed E-state index contributed by atoms with van der Waals surface area (Å²) in [7, 11) is 1.74. The second-order valence-corrected chi connectivity index (χ2v) is 7.82. The van der Waals surface area contributed by atoms with Crippen LogP contribution in [-0.4, -0.2) is 65.0 Å². The van der Waals surface area contributed by atoms with E-state index in [1.54, 1.807) is 17.8 Å². The fourth-order valence-corrected chi connectivity index (χ4v) is 4.04. The first-order valence-electron chi connectivity index (χ1n) is 11.1. The van der Waals surface area contributed by atoms with Crippen molar-refractivity contribution in [2.45, 2.75) is 26.7 Å². The lowest BCUT2D eigenvalue weighted by Crippen LogP contribution is -2.36. The molecule has 1 aromatic carbocycles. The Balaban J connectivity index is 1.87. The van der Waals surface area contributed by atoms with Gasteiger partial charge in [0.25, 0.3) is 5.56 Å². The zero-order valence-electron chi connectivity index (χ0n) is 18.8. The molecule has 4 rings (SSSR count). The van der Waals surface area contributed by atoms with Crippen LogP contribution in [0.4, 0.5) is 5.69 Å². The van der Waals surface area contributed by atoms with E-state index in [2.05, 4.69) is 21.9 Å². The lowest BCUT2D eigenvalue weighted by atomic mass is 10.0. The van der Waals surface area contributed by atoms with E-state index < -0.39 is 0 Å². The molecule has 1 N–H and O–H groups in total. The van der Waals surface area contributed by atoms with Gasteiger partial charge in [-0.2, -0.15) is 5.10 Å². The lowest BCUT2D eigenvalue weighted by molar-refractivity contribution is 0.0784. The Morgan fingerprint density at radius 2 is 2.03 bits per heavy atom. The highest BCUT2D eigenvalue weighted by Gasteiger charge is 2.21. The van der Waals surface area contributed by atoms with Gasteiger partial charge < -0.3 is 19.4 Å². The number of hydrogen-bond donors (Lipinski definition) is 1. The fraction of sp³-hybridized carbons (Fsp3) is 0.478. The number of ether oxygens (including phenoxy) is 2. The molecule has 1 fully saturated rings. The van der Waals surface area contributed by atoms with E-state index in [0.29, 0.717) is 47.8 Å². The largest absolute Gasteiger partial charge is 0.378 e. The van der Waals surface area contributed by atoms with Gasteiger partial charge in [0.05, 0.1) is 18.9 Å². The number of anilines is 1. The van der Waals surface area contributed by atoms with Crippen LogP contribution in [0.25, 0.3) is 22.4 Å². The molecule has 3 heterocycles. The number of hydrogen-bond acceptors (Lipinski definition) is 7. The van der Waals surface area contributed by atoms with E-state index in [9.17, 15) is 9.59 Å².